The summed E-state index contributed by atoms with van der Waals surface area (Å²) >= 11 is 0. The van der Waals surface area contributed by atoms with Crippen LogP contribution in [-0.2, 0) is 28.6 Å². The Balaban J connectivity index is 4.28. The number of esters is 3. The third-order valence-electron chi connectivity index (χ3n) is 14.5. The summed E-state index contributed by atoms with van der Waals surface area (Å²) in [6.45, 7) is 11.4. The van der Waals surface area contributed by atoms with E-state index in [4.69, 9.17) is 14.2 Å². The summed E-state index contributed by atoms with van der Waals surface area (Å²) in [6.07, 6.45) is 61.0. The van der Waals surface area contributed by atoms with E-state index in [1.54, 1.807) is 0 Å². The minimum Gasteiger partial charge on any atom is -0.462 e. The number of rotatable bonds is 57. The van der Waals surface area contributed by atoms with Crippen molar-refractivity contribution in [3.05, 3.63) is 0 Å². The van der Waals surface area contributed by atoms with Crippen LogP contribution >= 0.6 is 0 Å². The quantitative estimate of drug-likeness (QED) is 0.0343. The van der Waals surface area contributed by atoms with Crippen LogP contribution in [0, 0.1) is 11.8 Å². The minimum absolute atomic E-state index is 0.0621. The summed E-state index contributed by atoms with van der Waals surface area (Å²) in [5.41, 5.74) is 0. The van der Waals surface area contributed by atoms with Gasteiger partial charge in [0.25, 0.3) is 0 Å². The van der Waals surface area contributed by atoms with Crippen LogP contribution in [0.2, 0.25) is 0 Å². The average molecular weight is 976 g/mol. The van der Waals surface area contributed by atoms with Crippen molar-refractivity contribution in [2.75, 3.05) is 13.2 Å². The maximum absolute atomic E-state index is 12.9. The second kappa shape index (κ2) is 55.7. The van der Waals surface area contributed by atoms with Crippen LogP contribution < -0.4 is 0 Å². The molecule has 0 spiro atoms. The van der Waals surface area contributed by atoms with Gasteiger partial charge in [-0.3, -0.25) is 14.4 Å². The summed E-state index contributed by atoms with van der Waals surface area (Å²) in [6, 6.07) is 0. The highest BCUT2D eigenvalue weighted by Gasteiger charge is 2.19. The minimum atomic E-state index is -0.763. The Morgan fingerprint density at radius 3 is 0.710 bits per heavy atom. The number of hydrogen-bond donors (Lipinski definition) is 0. The summed E-state index contributed by atoms with van der Waals surface area (Å²) in [5, 5.41) is 0. The molecule has 0 aromatic carbocycles. The van der Waals surface area contributed by atoms with E-state index in [-0.39, 0.29) is 31.1 Å². The van der Waals surface area contributed by atoms with Gasteiger partial charge in [-0.05, 0) is 31.1 Å². The first-order valence-electron chi connectivity index (χ1n) is 31.2. The number of carbonyl (C=O) groups is 3. The molecule has 0 fully saturated rings. The number of unbranched alkanes of at least 4 members (excludes halogenated alkanes) is 42. The van der Waals surface area contributed by atoms with E-state index in [1.165, 1.54) is 244 Å². The van der Waals surface area contributed by atoms with Crippen molar-refractivity contribution in [1.29, 1.82) is 0 Å². The lowest BCUT2D eigenvalue weighted by Crippen LogP contribution is -2.30. The SMILES string of the molecule is CCCCCCCCCCCCCCCCCCCCC(=O)OC[C@H](COC(=O)CCCCCCCCCCCCCC(C)C)OC(=O)CCCCCCCCCCCCCCCCCCC(C)C. The molecule has 0 N–H and O–H groups in total. The highest BCUT2D eigenvalue weighted by molar-refractivity contribution is 5.71. The lowest BCUT2D eigenvalue weighted by atomic mass is 10.0. The van der Waals surface area contributed by atoms with Gasteiger partial charge in [0, 0.05) is 19.3 Å². The largest absolute Gasteiger partial charge is 0.462 e. The molecule has 6 nitrogen and oxygen atoms in total. The maximum atomic E-state index is 12.9. The van der Waals surface area contributed by atoms with Gasteiger partial charge < -0.3 is 14.2 Å². The van der Waals surface area contributed by atoms with E-state index in [1.807, 2.05) is 0 Å². The molecular formula is C63H122O6. The fraction of sp³-hybridized carbons (Fsp3) is 0.952. The predicted octanol–water partition coefficient (Wildman–Crippen LogP) is 20.8. The monoisotopic (exact) mass is 975 g/mol. The summed E-state index contributed by atoms with van der Waals surface area (Å²) in [4.78, 5) is 38.3. The molecule has 69 heavy (non-hydrogen) atoms. The number of ether oxygens (including phenoxy) is 3. The molecule has 0 aliphatic rings. The molecule has 0 aliphatic carbocycles. The van der Waals surface area contributed by atoms with E-state index >= 15 is 0 Å². The molecule has 0 rings (SSSR count). The molecule has 410 valence electrons. The van der Waals surface area contributed by atoms with Crippen LogP contribution in [0.15, 0.2) is 0 Å². The van der Waals surface area contributed by atoms with Gasteiger partial charge in [0.1, 0.15) is 13.2 Å². The van der Waals surface area contributed by atoms with E-state index < -0.39 is 6.10 Å². The van der Waals surface area contributed by atoms with Gasteiger partial charge in [-0.15, -0.1) is 0 Å². The van der Waals surface area contributed by atoms with E-state index in [0.29, 0.717) is 19.3 Å². The molecule has 0 aromatic heterocycles. The van der Waals surface area contributed by atoms with Gasteiger partial charge in [-0.25, -0.2) is 0 Å². The van der Waals surface area contributed by atoms with Crippen molar-refractivity contribution in [3.8, 4) is 0 Å². The third kappa shape index (κ3) is 57.2. The van der Waals surface area contributed by atoms with Gasteiger partial charge in [0.05, 0.1) is 0 Å². The summed E-state index contributed by atoms with van der Waals surface area (Å²) in [7, 11) is 0. The molecule has 0 heterocycles. The first kappa shape index (κ1) is 67.4. The van der Waals surface area contributed by atoms with E-state index in [0.717, 1.165) is 69.6 Å². The third-order valence-corrected chi connectivity index (χ3v) is 14.5. The zero-order chi connectivity index (χ0) is 50.4. The highest BCUT2D eigenvalue weighted by atomic mass is 16.6. The zero-order valence-corrected chi connectivity index (χ0v) is 47.5. The van der Waals surface area contributed by atoms with E-state index in [9.17, 15) is 14.4 Å². The predicted molar refractivity (Wildman–Crippen MR) is 298 cm³/mol. The Bertz CT molecular complexity index is 1060. The van der Waals surface area contributed by atoms with Crippen molar-refractivity contribution in [2.24, 2.45) is 11.8 Å². The first-order valence-corrected chi connectivity index (χ1v) is 31.2. The first-order chi connectivity index (χ1) is 33.7. The second-order valence-corrected chi connectivity index (χ2v) is 22.6. The fourth-order valence-corrected chi connectivity index (χ4v) is 9.76. The van der Waals surface area contributed by atoms with Crippen LogP contribution in [-0.4, -0.2) is 37.2 Å². The number of hydrogen-bond acceptors (Lipinski definition) is 6. The smallest absolute Gasteiger partial charge is 0.306 e. The van der Waals surface area contributed by atoms with Gasteiger partial charge in [-0.2, -0.15) is 0 Å². The molecule has 0 unspecified atom stereocenters. The Morgan fingerprint density at radius 2 is 0.478 bits per heavy atom. The Labute approximate surface area is 431 Å². The van der Waals surface area contributed by atoms with Crippen LogP contribution in [0.4, 0.5) is 0 Å². The van der Waals surface area contributed by atoms with Crippen molar-refractivity contribution in [3.63, 3.8) is 0 Å². The van der Waals surface area contributed by atoms with Crippen molar-refractivity contribution in [1.82, 2.24) is 0 Å². The molecule has 0 aromatic rings. The molecule has 6 heteroatoms. The molecule has 0 aliphatic heterocycles. The molecule has 0 amide bonds. The van der Waals surface area contributed by atoms with Crippen LogP contribution in [0.25, 0.3) is 0 Å². The number of carbonyl (C=O) groups excluding carboxylic acids is 3. The second-order valence-electron chi connectivity index (χ2n) is 22.6. The summed E-state index contributed by atoms with van der Waals surface area (Å²) < 4.78 is 16.9. The van der Waals surface area contributed by atoms with Crippen molar-refractivity contribution >= 4 is 17.9 Å². The molecule has 0 bridgehead atoms. The molecule has 1 atom stereocenters. The normalized spacial score (nSPS) is 12.0. The van der Waals surface area contributed by atoms with Crippen molar-refractivity contribution in [2.45, 2.75) is 362 Å². The van der Waals surface area contributed by atoms with Gasteiger partial charge in [-0.1, -0.05) is 317 Å². The zero-order valence-electron chi connectivity index (χ0n) is 47.5. The van der Waals surface area contributed by atoms with Crippen LogP contribution in [0.1, 0.15) is 356 Å². The van der Waals surface area contributed by atoms with Crippen LogP contribution in [0.5, 0.6) is 0 Å². The highest BCUT2D eigenvalue weighted by Crippen LogP contribution is 2.19. The standard InChI is InChI=1S/C63H122O6/c1-6-7-8-9-10-11-12-13-14-15-16-20-23-28-33-38-43-48-53-61(64)67-56-60(57-68-62(65)54-49-44-39-34-30-25-27-32-37-42-47-52-59(4)5)69-63(66)55-50-45-40-35-29-24-21-18-17-19-22-26-31-36-41-46-51-58(2)3/h58-60H,6-57H2,1-5H3/t60-/m1/s1. The van der Waals surface area contributed by atoms with Crippen LogP contribution in [0.3, 0.4) is 0 Å². The summed E-state index contributed by atoms with van der Waals surface area (Å²) in [5.74, 6) is 0.845. The molecule has 0 radical (unpaired) electrons. The topological polar surface area (TPSA) is 78.9 Å². The van der Waals surface area contributed by atoms with Crippen molar-refractivity contribution < 1.29 is 28.6 Å². The lowest BCUT2D eigenvalue weighted by molar-refractivity contribution is -0.167. The van der Waals surface area contributed by atoms with E-state index in [2.05, 4.69) is 34.6 Å². The molecule has 0 saturated carbocycles. The lowest BCUT2D eigenvalue weighted by Gasteiger charge is -2.18. The molecular weight excluding hydrogens is 853 g/mol. The average Bonchev–Trinajstić information content (AvgIpc) is 3.32. The van der Waals surface area contributed by atoms with Gasteiger partial charge >= 0.3 is 17.9 Å². The Morgan fingerprint density at radius 1 is 0.275 bits per heavy atom. The van der Waals surface area contributed by atoms with Gasteiger partial charge in [0.2, 0.25) is 0 Å². The maximum Gasteiger partial charge on any atom is 0.306 e. The molecule has 0 saturated heterocycles. The Hall–Kier alpha value is -1.59. The van der Waals surface area contributed by atoms with Gasteiger partial charge in [0.15, 0.2) is 6.10 Å². The Kier molecular flexibility index (Phi) is 54.4. The fourth-order valence-electron chi connectivity index (χ4n) is 9.76.